The molecule has 1 aromatic carbocycles. The number of hydrogen-bond donors (Lipinski definition) is 2. The first-order chi connectivity index (χ1) is 7.17. The van der Waals surface area contributed by atoms with E-state index in [-0.39, 0.29) is 0 Å². The zero-order valence-corrected chi connectivity index (χ0v) is 9.51. The third kappa shape index (κ3) is 3.32. The molecule has 0 unspecified atom stereocenters. The molecule has 1 aromatic rings. The van der Waals surface area contributed by atoms with Crippen molar-refractivity contribution in [3.05, 3.63) is 23.2 Å². The number of aliphatic imine (C=N–C) groups is 1. The van der Waals surface area contributed by atoms with E-state index in [1.807, 2.05) is 6.92 Å². The Labute approximate surface area is 94.1 Å². The van der Waals surface area contributed by atoms with Crippen molar-refractivity contribution >= 4 is 23.2 Å². The molecule has 0 saturated carbocycles. The van der Waals surface area contributed by atoms with Crippen LogP contribution in [0.3, 0.4) is 0 Å². The highest BCUT2D eigenvalue weighted by molar-refractivity contribution is 6.33. The second-order valence-corrected chi connectivity index (χ2v) is 3.24. The lowest BCUT2D eigenvalue weighted by Crippen LogP contribution is -2.22. The van der Waals surface area contributed by atoms with Gasteiger partial charge in [0.15, 0.2) is 5.96 Å². The fourth-order valence-corrected chi connectivity index (χ4v) is 1.24. The molecule has 15 heavy (non-hydrogen) atoms. The van der Waals surface area contributed by atoms with Gasteiger partial charge in [0.25, 0.3) is 0 Å². The molecule has 0 heterocycles. The smallest absolute Gasteiger partial charge is 0.193 e. The first kappa shape index (κ1) is 11.7. The number of nitrogens with one attached hydrogen (secondary N) is 1. The summed E-state index contributed by atoms with van der Waals surface area (Å²) in [6.07, 6.45) is 0. The van der Waals surface area contributed by atoms with Gasteiger partial charge in [-0.15, -0.1) is 0 Å². The molecule has 82 valence electrons. The molecule has 0 aliphatic heterocycles. The number of benzene rings is 1. The second-order valence-electron chi connectivity index (χ2n) is 2.83. The van der Waals surface area contributed by atoms with Crippen molar-refractivity contribution in [2.24, 2.45) is 10.7 Å². The number of halogens is 1. The lowest BCUT2D eigenvalue weighted by atomic mass is 10.3. The van der Waals surface area contributed by atoms with Gasteiger partial charge in [-0.25, -0.2) is 0 Å². The van der Waals surface area contributed by atoms with E-state index in [9.17, 15) is 0 Å². The van der Waals surface area contributed by atoms with E-state index in [0.29, 0.717) is 29.0 Å². The monoisotopic (exact) mass is 227 g/mol. The Morgan fingerprint density at radius 3 is 2.93 bits per heavy atom. The standard InChI is InChI=1S/C10H14ClN3O/c1-3-13-10(12)14-9-6-7(15-2)4-5-8(9)11/h4-6H,3H2,1-2H3,(H3,12,13,14). The molecule has 0 aromatic heterocycles. The van der Waals surface area contributed by atoms with Crippen LogP contribution in [0.1, 0.15) is 6.92 Å². The van der Waals surface area contributed by atoms with Crippen molar-refractivity contribution < 1.29 is 4.74 Å². The number of rotatable bonds is 3. The molecule has 0 amide bonds. The van der Waals surface area contributed by atoms with Gasteiger partial charge < -0.3 is 15.8 Å². The quantitative estimate of drug-likeness (QED) is 0.614. The minimum atomic E-state index is 0.340. The highest BCUT2D eigenvalue weighted by atomic mass is 35.5. The Hall–Kier alpha value is -1.42. The number of methoxy groups -OCH3 is 1. The molecular weight excluding hydrogens is 214 g/mol. The summed E-state index contributed by atoms with van der Waals surface area (Å²) in [6, 6.07) is 5.28. The lowest BCUT2D eigenvalue weighted by molar-refractivity contribution is 0.415. The summed E-state index contributed by atoms with van der Waals surface area (Å²) >= 11 is 5.97. The highest BCUT2D eigenvalue weighted by Crippen LogP contribution is 2.26. The van der Waals surface area contributed by atoms with E-state index >= 15 is 0 Å². The van der Waals surface area contributed by atoms with Gasteiger partial charge in [0.05, 0.1) is 17.8 Å². The van der Waals surface area contributed by atoms with Gasteiger partial charge in [-0.2, -0.15) is 0 Å². The van der Waals surface area contributed by atoms with Crippen LogP contribution in [0.15, 0.2) is 23.2 Å². The van der Waals surface area contributed by atoms with E-state index in [1.165, 1.54) is 0 Å². The molecule has 0 aliphatic carbocycles. The van der Waals surface area contributed by atoms with Gasteiger partial charge >= 0.3 is 0 Å². The molecule has 3 N–H and O–H groups in total. The topological polar surface area (TPSA) is 59.6 Å². The number of ether oxygens (including phenoxy) is 1. The van der Waals surface area contributed by atoms with Gasteiger partial charge in [0.1, 0.15) is 5.75 Å². The Balaban J connectivity index is 2.88. The van der Waals surface area contributed by atoms with Crippen LogP contribution in [-0.4, -0.2) is 19.6 Å². The number of nitrogens with zero attached hydrogens (tertiary/aromatic N) is 1. The molecule has 5 heteroatoms. The van der Waals surface area contributed by atoms with E-state index in [4.69, 9.17) is 22.1 Å². The molecule has 4 nitrogen and oxygen atoms in total. The van der Waals surface area contributed by atoms with Gasteiger partial charge in [0.2, 0.25) is 0 Å². The lowest BCUT2D eigenvalue weighted by Gasteiger charge is -2.09. The molecular formula is C10H14ClN3O. The molecule has 0 bridgehead atoms. The normalized spacial score (nSPS) is 11.3. The van der Waals surface area contributed by atoms with Crippen LogP contribution in [0.5, 0.6) is 5.75 Å². The maximum atomic E-state index is 5.97. The minimum absolute atomic E-state index is 0.340. The molecule has 0 fully saturated rings. The van der Waals surface area contributed by atoms with Crippen molar-refractivity contribution in [3.63, 3.8) is 0 Å². The minimum Gasteiger partial charge on any atom is -0.497 e. The second kappa shape index (κ2) is 5.46. The number of guanidine groups is 1. The number of anilines is 1. The largest absolute Gasteiger partial charge is 0.497 e. The van der Waals surface area contributed by atoms with E-state index < -0.39 is 0 Å². The van der Waals surface area contributed by atoms with Crippen molar-refractivity contribution in [2.75, 3.05) is 19.0 Å². The fraction of sp³-hybridized carbons (Fsp3) is 0.300. The van der Waals surface area contributed by atoms with E-state index in [0.717, 1.165) is 0 Å². The van der Waals surface area contributed by atoms with Crippen LogP contribution in [0.2, 0.25) is 5.02 Å². The first-order valence-electron chi connectivity index (χ1n) is 4.58. The van der Waals surface area contributed by atoms with Crippen LogP contribution >= 0.6 is 11.6 Å². The van der Waals surface area contributed by atoms with Gasteiger partial charge in [-0.1, -0.05) is 11.6 Å². The summed E-state index contributed by atoms with van der Waals surface area (Å²) in [7, 11) is 1.59. The Kier molecular flexibility index (Phi) is 4.24. The average molecular weight is 228 g/mol. The summed E-state index contributed by atoms with van der Waals surface area (Å²) in [4.78, 5) is 4.00. The molecule has 0 saturated heterocycles. The predicted molar refractivity (Wildman–Crippen MR) is 63.8 cm³/mol. The molecule has 0 radical (unpaired) electrons. The SMILES string of the molecule is CCN=C(N)Nc1cc(OC)ccc1Cl. The van der Waals surface area contributed by atoms with Gasteiger partial charge in [-0.05, 0) is 19.1 Å². The Morgan fingerprint density at radius 1 is 1.60 bits per heavy atom. The van der Waals surface area contributed by atoms with E-state index in [2.05, 4.69) is 10.3 Å². The predicted octanol–water partition coefficient (Wildman–Crippen LogP) is 2.10. The van der Waals surface area contributed by atoms with Crippen molar-refractivity contribution in [2.45, 2.75) is 6.92 Å². The fourth-order valence-electron chi connectivity index (χ4n) is 1.07. The van der Waals surface area contributed by atoms with Crippen LogP contribution in [-0.2, 0) is 0 Å². The summed E-state index contributed by atoms with van der Waals surface area (Å²) in [5.74, 6) is 1.05. The number of hydrogen-bond acceptors (Lipinski definition) is 2. The maximum absolute atomic E-state index is 5.97. The first-order valence-corrected chi connectivity index (χ1v) is 4.95. The van der Waals surface area contributed by atoms with Crippen LogP contribution < -0.4 is 15.8 Å². The molecule has 0 aliphatic rings. The molecule has 0 spiro atoms. The van der Waals surface area contributed by atoms with Crippen LogP contribution in [0, 0.1) is 0 Å². The molecule has 1 rings (SSSR count). The summed E-state index contributed by atoms with van der Waals surface area (Å²) in [5, 5.41) is 3.48. The Bertz CT molecular complexity index is 366. The van der Waals surface area contributed by atoms with Crippen LogP contribution in [0.4, 0.5) is 5.69 Å². The molecule has 0 atom stereocenters. The van der Waals surface area contributed by atoms with Gasteiger partial charge in [0, 0.05) is 12.6 Å². The van der Waals surface area contributed by atoms with Crippen molar-refractivity contribution in [1.82, 2.24) is 0 Å². The van der Waals surface area contributed by atoms with Crippen molar-refractivity contribution in [3.8, 4) is 5.75 Å². The highest BCUT2D eigenvalue weighted by Gasteiger charge is 2.02. The zero-order chi connectivity index (χ0) is 11.3. The summed E-state index contributed by atoms with van der Waals surface area (Å²) in [6.45, 7) is 2.53. The van der Waals surface area contributed by atoms with E-state index in [1.54, 1.807) is 25.3 Å². The summed E-state index contributed by atoms with van der Waals surface area (Å²) in [5.41, 5.74) is 6.30. The van der Waals surface area contributed by atoms with Crippen LogP contribution in [0.25, 0.3) is 0 Å². The Morgan fingerprint density at radius 2 is 2.33 bits per heavy atom. The maximum Gasteiger partial charge on any atom is 0.193 e. The summed E-state index contributed by atoms with van der Waals surface area (Å²) < 4.78 is 5.07. The van der Waals surface area contributed by atoms with Gasteiger partial charge in [-0.3, -0.25) is 4.99 Å². The average Bonchev–Trinajstić information content (AvgIpc) is 2.21. The van der Waals surface area contributed by atoms with Crippen molar-refractivity contribution in [1.29, 1.82) is 0 Å². The third-order valence-electron chi connectivity index (χ3n) is 1.76. The third-order valence-corrected chi connectivity index (χ3v) is 2.09. The zero-order valence-electron chi connectivity index (χ0n) is 8.75. The number of nitrogens with two attached hydrogens (primary N) is 1.